The van der Waals surface area contributed by atoms with E-state index in [1.807, 2.05) is 0 Å². The summed E-state index contributed by atoms with van der Waals surface area (Å²) < 4.78 is 17.0. The van der Waals surface area contributed by atoms with Crippen LogP contribution in [0.1, 0.15) is 68.8 Å². The highest BCUT2D eigenvalue weighted by molar-refractivity contribution is 6.31. The molecular formula is C28H29NO13. The molecule has 1 amide bonds. The van der Waals surface area contributed by atoms with Crippen LogP contribution >= 0.6 is 0 Å². The first kappa shape index (κ1) is 29.4. The number of carbonyl (C=O) groups excluding carboxylic acids is 3. The maximum atomic E-state index is 13.7. The van der Waals surface area contributed by atoms with E-state index in [4.69, 9.17) is 14.2 Å². The summed E-state index contributed by atoms with van der Waals surface area (Å²) in [4.78, 5) is 51.2. The van der Waals surface area contributed by atoms with Crippen LogP contribution in [0.15, 0.2) is 18.2 Å². The number of amides is 1. The fourth-order valence-corrected chi connectivity index (χ4v) is 6.02. The Labute approximate surface area is 238 Å². The van der Waals surface area contributed by atoms with Gasteiger partial charge in [-0.05, 0) is 13.0 Å². The van der Waals surface area contributed by atoms with E-state index in [9.17, 15) is 49.8 Å². The number of ketones is 3. The number of Topliss-reactive ketones (excluding diaryl/α,β-unsaturated/α-hetero) is 1. The van der Waals surface area contributed by atoms with Gasteiger partial charge >= 0.3 is 6.09 Å². The fourth-order valence-electron chi connectivity index (χ4n) is 6.02. The van der Waals surface area contributed by atoms with Crippen molar-refractivity contribution in [2.24, 2.45) is 0 Å². The van der Waals surface area contributed by atoms with Crippen LogP contribution in [-0.4, -0.2) is 97.9 Å². The predicted octanol–water partition coefficient (Wildman–Crippen LogP) is 0.310. The van der Waals surface area contributed by atoms with Crippen molar-refractivity contribution in [1.82, 2.24) is 5.32 Å². The summed E-state index contributed by atoms with van der Waals surface area (Å²) in [6, 6.07) is 3.24. The lowest BCUT2D eigenvalue weighted by Crippen LogP contribution is -2.55. The minimum Gasteiger partial charge on any atom is -0.507 e. The Morgan fingerprint density at radius 3 is 2.45 bits per heavy atom. The zero-order valence-corrected chi connectivity index (χ0v) is 22.5. The molecule has 1 heterocycles. The molecule has 2 aromatic rings. The monoisotopic (exact) mass is 587 g/mol. The third-order valence-corrected chi connectivity index (χ3v) is 8.07. The molecule has 1 saturated heterocycles. The molecule has 6 atom stereocenters. The Balaban J connectivity index is 1.65. The van der Waals surface area contributed by atoms with Gasteiger partial charge in [-0.1, -0.05) is 12.1 Å². The van der Waals surface area contributed by atoms with Crippen LogP contribution in [0.5, 0.6) is 17.2 Å². The second kappa shape index (κ2) is 10.6. The van der Waals surface area contributed by atoms with E-state index in [2.05, 4.69) is 5.32 Å². The molecule has 14 heteroatoms. The standard InChI is InChI=1S/C28H29NO13/c1-10-22(32)13(29-27(37)38)6-17(41-10)42-15-8-28(39,16(31)9-30)7-12-19(15)26(36)21-20(24(12)34)23(33)11-4-3-5-14(40-2)18(11)25(21)35/h3-5,10,13,15,17,22,29-30,32,34,36,39H,6-9H2,1-2H3,(H,37,38)/t10-,13-,15-,17-,22+,28-/m1/s1. The Morgan fingerprint density at radius 2 is 1.81 bits per heavy atom. The van der Waals surface area contributed by atoms with E-state index in [-0.39, 0.29) is 34.4 Å². The number of aliphatic hydroxyl groups excluding tert-OH is 2. The van der Waals surface area contributed by atoms with Gasteiger partial charge in [-0.3, -0.25) is 14.4 Å². The SMILES string of the molecule is COc1cccc2c1C(=O)c1c(O)c3c(c(O)c1C2=O)C[C@](O)(C(=O)CO)C[C@H]3O[C@@H]1C[C@@H](NC(=O)O)[C@@H](O)[C@@H](C)O1. The quantitative estimate of drug-likeness (QED) is 0.193. The van der Waals surface area contributed by atoms with E-state index in [1.54, 1.807) is 0 Å². The molecule has 14 nitrogen and oxygen atoms in total. The lowest BCUT2D eigenvalue weighted by atomic mass is 9.72. The van der Waals surface area contributed by atoms with Gasteiger partial charge in [0.15, 0.2) is 17.9 Å². The van der Waals surface area contributed by atoms with Crippen molar-refractivity contribution in [3.05, 3.63) is 51.6 Å². The maximum absolute atomic E-state index is 13.7. The zero-order chi connectivity index (χ0) is 30.7. The molecule has 5 rings (SSSR count). The van der Waals surface area contributed by atoms with Gasteiger partial charge in [-0.25, -0.2) is 4.79 Å². The molecule has 0 unspecified atom stereocenters. The molecule has 3 aliphatic rings. The summed E-state index contributed by atoms with van der Waals surface area (Å²) >= 11 is 0. The fraction of sp³-hybridized carbons (Fsp3) is 0.429. The second-order valence-corrected chi connectivity index (χ2v) is 10.6. The van der Waals surface area contributed by atoms with Crippen LogP contribution < -0.4 is 10.1 Å². The van der Waals surface area contributed by atoms with E-state index in [0.717, 1.165) is 0 Å². The molecule has 2 aromatic carbocycles. The first-order chi connectivity index (χ1) is 19.8. The van der Waals surface area contributed by atoms with Crippen molar-refractivity contribution in [3.8, 4) is 17.2 Å². The molecule has 7 N–H and O–H groups in total. The number of phenolic OH excluding ortho intramolecular Hbond substituents is 2. The normalized spacial score (nSPS) is 28.4. The second-order valence-electron chi connectivity index (χ2n) is 10.6. The number of rotatable bonds is 6. The number of fused-ring (bicyclic) bond motifs is 3. The van der Waals surface area contributed by atoms with Crippen LogP contribution in [0.25, 0.3) is 0 Å². The van der Waals surface area contributed by atoms with Gasteiger partial charge in [0.1, 0.15) is 35.6 Å². The van der Waals surface area contributed by atoms with Crippen molar-refractivity contribution in [1.29, 1.82) is 0 Å². The lowest BCUT2D eigenvalue weighted by Gasteiger charge is -2.42. The van der Waals surface area contributed by atoms with Gasteiger partial charge < -0.3 is 50.2 Å². The third kappa shape index (κ3) is 4.57. The molecule has 0 radical (unpaired) electrons. The molecule has 42 heavy (non-hydrogen) atoms. The molecule has 1 fully saturated rings. The van der Waals surface area contributed by atoms with Crippen LogP contribution in [0.3, 0.4) is 0 Å². The average molecular weight is 588 g/mol. The van der Waals surface area contributed by atoms with Gasteiger partial charge in [-0.2, -0.15) is 0 Å². The highest BCUT2D eigenvalue weighted by Gasteiger charge is 2.50. The number of phenols is 2. The number of methoxy groups -OCH3 is 1. The van der Waals surface area contributed by atoms with Crippen LogP contribution in [-0.2, 0) is 20.7 Å². The first-order valence-electron chi connectivity index (χ1n) is 13.0. The molecule has 0 aromatic heterocycles. The number of aliphatic hydroxyl groups is 3. The van der Waals surface area contributed by atoms with Crippen molar-refractivity contribution in [2.45, 2.75) is 62.4 Å². The summed E-state index contributed by atoms with van der Waals surface area (Å²) in [5.74, 6) is -4.11. The summed E-state index contributed by atoms with van der Waals surface area (Å²) in [5.41, 5.74) is -4.08. The summed E-state index contributed by atoms with van der Waals surface area (Å²) in [7, 11) is 1.30. The summed E-state index contributed by atoms with van der Waals surface area (Å²) in [5, 5.41) is 65.5. The largest absolute Gasteiger partial charge is 0.507 e. The number of carbonyl (C=O) groups is 4. The zero-order valence-electron chi connectivity index (χ0n) is 22.5. The number of carboxylic acid groups (broad SMARTS) is 1. The number of aromatic hydroxyl groups is 2. The van der Waals surface area contributed by atoms with E-state index >= 15 is 0 Å². The van der Waals surface area contributed by atoms with Gasteiger partial charge in [-0.15, -0.1) is 0 Å². The van der Waals surface area contributed by atoms with E-state index in [0.29, 0.717) is 0 Å². The Bertz CT molecular complexity index is 1500. The molecule has 0 bridgehead atoms. The van der Waals surface area contributed by atoms with Gasteiger partial charge in [0.25, 0.3) is 0 Å². The highest BCUT2D eigenvalue weighted by atomic mass is 16.7. The highest BCUT2D eigenvalue weighted by Crippen LogP contribution is 2.52. The van der Waals surface area contributed by atoms with Gasteiger partial charge in [0.2, 0.25) is 5.78 Å². The van der Waals surface area contributed by atoms with E-state index in [1.165, 1.54) is 32.2 Å². The van der Waals surface area contributed by atoms with Gasteiger partial charge in [0, 0.05) is 36.0 Å². The maximum Gasteiger partial charge on any atom is 0.404 e. The molecule has 0 spiro atoms. The molecule has 0 saturated carbocycles. The topological polar surface area (TPSA) is 229 Å². The average Bonchev–Trinajstić information content (AvgIpc) is 2.94. The molecule has 2 aliphatic carbocycles. The summed E-state index contributed by atoms with van der Waals surface area (Å²) in [6.45, 7) is 0.389. The van der Waals surface area contributed by atoms with Crippen LogP contribution in [0, 0.1) is 0 Å². The number of nitrogens with one attached hydrogen (secondary N) is 1. The van der Waals surface area contributed by atoms with Crippen molar-refractivity contribution in [3.63, 3.8) is 0 Å². The Morgan fingerprint density at radius 1 is 1.12 bits per heavy atom. The molecular weight excluding hydrogens is 558 g/mol. The number of ether oxygens (including phenoxy) is 3. The Hall–Kier alpha value is -4.08. The molecule has 224 valence electrons. The van der Waals surface area contributed by atoms with Crippen molar-refractivity contribution in [2.75, 3.05) is 13.7 Å². The minimum absolute atomic E-state index is 0.0592. The smallest absolute Gasteiger partial charge is 0.404 e. The van der Waals surface area contributed by atoms with Crippen molar-refractivity contribution < 1.29 is 64.0 Å². The molecule has 1 aliphatic heterocycles. The van der Waals surface area contributed by atoms with Gasteiger partial charge in [0.05, 0.1) is 42.0 Å². The number of benzene rings is 2. The summed E-state index contributed by atoms with van der Waals surface area (Å²) in [6.07, 6.45) is -7.75. The number of hydrogen-bond acceptors (Lipinski definition) is 12. The Kier molecular flexibility index (Phi) is 7.45. The van der Waals surface area contributed by atoms with E-state index < -0.39 is 102 Å². The van der Waals surface area contributed by atoms with Crippen molar-refractivity contribution >= 4 is 23.4 Å². The minimum atomic E-state index is -2.33. The first-order valence-corrected chi connectivity index (χ1v) is 13.0. The number of hydrogen-bond donors (Lipinski definition) is 7. The third-order valence-electron chi connectivity index (χ3n) is 8.07. The lowest BCUT2D eigenvalue weighted by molar-refractivity contribution is -0.249. The predicted molar refractivity (Wildman–Crippen MR) is 139 cm³/mol. The van der Waals surface area contributed by atoms with Crippen LogP contribution in [0.2, 0.25) is 0 Å². The van der Waals surface area contributed by atoms with Crippen LogP contribution in [0.4, 0.5) is 4.79 Å².